The first-order chi connectivity index (χ1) is 11.8. The van der Waals surface area contributed by atoms with E-state index in [0.29, 0.717) is 30.5 Å². The Kier molecular flexibility index (Phi) is 8.04. The van der Waals surface area contributed by atoms with Crippen LogP contribution < -0.4 is 25.4 Å². The maximum Gasteiger partial charge on any atom is 0.239 e. The molecular weight excluding hydrogens is 320 g/mol. The molecule has 0 radical (unpaired) electrons. The smallest absolute Gasteiger partial charge is 0.239 e. The van der Waals surface area contributed by atoms with Gasteiger partial charge < -0.3 is 25.4 Å². The summed E-state index contributed by atoms with van der Waals surface area (Å²) in [7, 11) is 3.20. The molecule has 0 aliphatic heterocycles. The lowest BCUT2D eigenvalue weighted by molar-refractivity contribution is -0.121. The number of rotatable bonds is 7. The van der Waals surface area contributed by atoms with E-state index < -0.39 is 0 Å². The highest BCUT2D eigenvalue weighted by atomic mass is 16.5. The number of methoxy groups -OCH3 is 2. The minimum Gasteiger partial charge on any atom is -0.493 e. The van der Waals surface area contributed by atoms with E-state index in [1.165, 1.54) is 0 Å². The Hall–Kier alpha value is -2.44. The standard InChI is InChI=1S/C18H30N4O3/c1-7-19-17(21-12-16(23)22-18(2,3)4)20-11-13-8-9-14(24-5)15(10-13)25-6/h8-10H,7,11-12H2,1-6H3,(H,22,23)(H2,19,20,21). The molecule has 7 heteroatoms. The monoisotopic (exact) mass is 350 g/mol. The first kappa shape index (κ1) is 20.6. The van der Waals surface area contributed by atoms with E-state index in [1.807, 2.05) is 45.9 Å². The van der Waals surface area contributed by atoms with Crippen LogP contribution in [0.4, 0.5) is 0 Å². The third-order valence-electron chi connectivity index (χ3n) is 3.14. The van der Waals surface area contributed by atoms with Crippen LogP contribution in [0.1, 0.15) is 33.3 Å². The van der Waals surface area contributed by atoms with Gasteiger partial charge in [-0.3, -0.25) is 4.79 Å². The molecule has 0 unspecified atom stereocenters. The highest BCUT2D eigenvalue weighted by molar-refractivity contribution is 5.86. The first-order valence-corrected chi connectivity index (χ1v) is 8.33. The summed E-state index contributed by atoms with van der Waals surface area (Å²) in [6.45, 7) is 9.14. The van der Waals surface area contributed by atoms with Crippen molar-refractivity contribution in [3.63, 3.8) is 0 Å². The molecule has 0 atom stereocenters. The number of carbonyl (C=O) groups excluding carboxylic acids is 1. The predicted octanol–water partition coefficient (Wildman–Crippen LogP) is 1.67. The Bertz CT molecular complexity index is 594. The molecule has 1 aromatic rings. The fourth-order valence-electron chi connectivity index (χ4n) is 2.12. The van der Waals surface area contributed by atoms with Crippen LogP contribution >= 0.6 is 0 Å². The topological polar surface area (TPSA) is 84.0 Å². The lowest BCUT2D eigenvalue weighted by Crippen LogP contribution is -2.48. The molecule has 7 nitrogen and oxygen atoms in total. The molecule has 140 valence electrons. The van der Waals surface area contributed by atoms with Crippen LogP contribution in [0.3, 0.4) is 0 Å². The summed E-state index contributed by atoms with van der Waals surface area (Å²) in [6.07, 6.45) is 0. The minimum absolute atomic E-state index is 0.0794. The van der Waals surface area contributed by atoms with Crippen molar-refractivity contribution in [2.24, 2.45) is 4.99 Å². The number of benzene rings is 1. The molecule has 0 aromatic heterocycles. The highest BCUT2D eigenvalue weighted by Crippen LogP contribution is 2.27. The minimum atomic E-state index is -0.256. The van der Waals surface area contributed by atoms with E-state index in [4.69, 9.17) is 9.47 Å². The third kappa shape index (κ3) is 7.78. The van der Waals surface area contributed by atoms with E-state index in [2.05, 4.69) is 20.9 Å². The zero-order valence-electron chi connectivity index (χ0n) is 16.0. The Labute approximate surface area is 150 Å². The van der Waals surface area contributed by atoms with Crippen LogP contribution in [-0.2, 0) is 11.3 Å². The van der Waals surface area contributed by atoms with Gasteiger partial charge in [-0.2, -0.15) is 0 Å². The highest BCUT2D eigenvalue weighted by Gasteiger charge is 2.13. The van der Waals surface area contributed by atoms with Gasteiger partial charge in [-0.05, 0) is 45.4 Å². The Morgan fingerprint density at radius 2 is 1.80 bits per heavy atom. The van der Waals surface area contributed by atoms with Gasteiger partial charge in [0.25, 0.3) is 0 Å². The summed E-state index contributed by atoms with van der Waals surface area (Å²) in [5.41, 5.74) is 0.725. The average molecular weight is 350 g/mol. The molecule has 25 heavy (non-hydrogen) atoms. The SMILES string of the molecule is CCNC(=NCc1ccc(OC)c(OC)c1)NCC(=O)NC(C)(C)C. The summed E-state index contributed by atoms with van der Waals surface area (Å²) >= 11 is 0. The molecule has 0 spiro atoms. The van der Waals surface area contributed by atoms with Crippen LogP contribution in [0.2, 0.25) is 0 Å². The third-order valence-corrected chi connectivity index (χ3v) is 3.14. The largest absolute Gasteiger partial charge is 0.493 e. The maximum absolute atomic E-state index is 11.9. The molecule has 0 heterocycles. The van der Waals surface area contributed by atoms with Crippen molar-refractivity contribution in [2.75, 3.05) is 27.3 Å². The van der Waals surface area contributed by atoms with E-state index >= 15 is 0 Å². The molecule has 1 rings (SSSR count). The molecule has 1 aromatic carbocycles. The van der Waals surface area contributed by atoms with Crippen molar-refractivity contribution >= 4 is 11.9 Å². The van der Waals surface area contributed by atoms with Gasteiger partial charge in [0.15, 0.2) is 17.5 Å². The van der Waals surface area contributed by atoms with Gasteiger partial charge in [0.05, 0.1) is 27.3 Å². The van der Waals surface area contributed by atoms with Crippen molar-refractivity contribution in [2.45, 2.75) is 39.8 Å². The molecule has 0 bridgehead atoms. The van der Waals surface area contributed by atoms with Crippen molar-refractivity contribution < 1.29 is 14.3 Å². The van der Waals surface area contributed by atoms with Gasteiger partial charge in [-0.1, -0.05) is 6.07 Å². The molecular formula is C18H30N4O3. The Morgan fingerprint density at radius 1 is 1.12 bits per heavy atom. The fraction of sp³-hybridized carbons (Fsp3) is 0.556. The van der Waals surface area contributed by atoms with E-state index in [1.54, 1.807) is 14.2 Å². The Morgan fingerprint density at radius 3 is 2.36 bits per heavy atom. The summed E-state index contributed by atoms with van der Waals surface area (Å²) in [5.74, 6) is 1.85. The molecule has 0 saturated carbocycles. The van der Waals surface area contributed by atoms with Gasteiger partial charge in [-0.15, -0.1) is 0 Å². The van der Waals surface area contributed by atoms with Gasteiger partial charge in [0.1, 0.15) is 0 Å². The Balaban J connectivity index is 2.70. The van der Waals surface area contributed by atoms with Crippen molar-refractivity contribution in [1.29, 1.82) is 0 Å². The number of carbonyl (C=O) groups is 1. The quantitative estimate of drug-likeness (QED) is 0.515. The van der Waals surface area contributed by atoms with Crippen LogP contribution in [-0.4, -0.2) is 44.7 Å². The second kappa shape index (κ2) is 9.76. The summed E-state index contributed by atoms with van der Waals surface area (Å²) in [5, 5.41) is 9.06. The first-order valence-electron chi connectivity index (χ1n) is 8.33. The number of guanidine groups is 1. The van der Waals surface area contributed by atoms with E-state index in [9.17, 15) is 4.79 Å². The number of hydrogen-bond acceptors (Lipinski definition) is 4. The van der Waals surface area contributed by atoms with Crippen LogP contribution in [0.15, 0.2) is 23.2 Å². The second-order valence-corrected chi connectivity index (χ2v) is 6.54. The molecule has 0 saturated heterocycles. The number of nitrogens with one attached hydrogen (secondary N) is 3. The lowest BCUT2D eigenvalue weighted by Gasteiger charge is -2.21. The van der Waals surface area contributed by atoms with Crippen molar-refractivity contribution in [1.82, 2.24) is 16.0 Å². The summed E-state index contributed by atoms with van der Waals surface area (Å²) in [6, 6.07) is 5.67. The fourth-order valence-corrected chi connectivity index (χ4v) is 2.12. The number of nitrogens with zero attached hydrogens (tertiary/aromatic N) is 1. The normalized spacial score (nSPS) is 11.7. The zero-order chi connectivity index (χ0) is 18.9. The molecule has 0 fully saturated rings. The van der Waals surface area contributed by atoms with Gasteiger partial charge in [0.2, 0.25) is 5.91 Å². The number of hydrogen-bond donors (Lipinski definition) is 3. The van der Waals surface area contributed by atoms with Gasteiger partial charge in [0, 0.05) is 12.1 Å². The van der Waals surface area contributed by atoms with Crippen LogP contribution in [0.25, 0.3) is 0 Å². The summed E-state index contributed by atoms with van der Waals surface area (Å²) < 4.78 is 10.5. The zero-order valence-corrected chi connectivity index (χ0v) is 16.0. The van der Waals surface area contributed by atoms with Crippen molar-refractivity contribution in [3.8, 4) is 11.5 Å². The molecule has 3 N–H and O–H groups in total. The number of amides is 1. The maximum atomic E-state index is 11.9. The van der Waals surface area contributed by atoms with Crippen LogP contribution in [0, 0.1) is 0 Å². The van der Waals surface area contributed by atoms with E-state index in [0.717, 1.165) is 5.56 Å². The predicted molar refractivity (Wildman–Crippen MR) is 100 cm³/mol. The van der Waals surface area contributed by atoms with Gasteiger partial charge >= 0.3 is 0 Å². The number of ether oxygens (including phenoxy) is 2. The molecule has 0 aliphatic rings. The van der Waals surface area contributed by atoms with E-state index in [-0.39, 0.29) is 18.0 Å². The lowest BCUT2D eigenvalue weighted by atomic mass is 10.1. The molecule has 1 amide bonds. The summed E-state index contributed by atoms with van der Waals surface area (Å²) in [4.78, 5) is 16.4. The van der Waals surface area contributed by atoms with Crippen molar-refractivity contribution in [3.05, 3.63) is 23.8 Å². The second-order valence-electron chi connectivity index (χ2n) is 6.54. The van der Waals surface area contributed by atoms with Crippen LogP contribution in [0.5, 0.6) is 11.5 Å². The molecule has 0 aliphatic carbocycles. The van der Waals surface area contributed by atoms with Gasteiger partial charge in [-0.25, -0.2) is 4.99 Å². The number of aliphatic imine (C=N–C) groups is 1. The average Bonchev–Trinajstić information content (AvgIpc) is 2.55.